The second-order valence-electron chi connectivity index (χ2n) is 29.4. The molecule has 0 fully saturated rings. The first-order valence-corrected chi connectivity index (χ1v) is 44.0. The molecule has 0 aliphatic rings. The number of hydrogen-bond donors (Lipinski definition) is 3. The number of unbranched alkanes of at least 4 members (excludes halogenated alkanes) is 48. The highest BCUT2D eigenvalue weighted by atomic mass is 31.2. The summed E-state index contributed by atoms with van der Waals surface area (Å²) < 4.78 is 68.5. The third-order valence-electron chi connectivity index (χ3n) is 18.5. The molecule has 0 bridgehead atoms. The van der Waals surface area contributed by atoms with Crippen molar-refractivity contribution < 1.29 is 80.2 Å². The number of esters is 4. The summed E-state index contributed by atoms with van der Waals surface area (Å²) in [6.07, 6.45) is 59.9. The summed E-state index contributed by atoms with van der Waals surface area (Å²) in [6, 6.07) is 0. The van der Waals surface area contributed by atoms with Gasteiger partial charge in [0, 0.05) is 25.7 Å². The monoisotopic (exact) mass is 1440 g/mol. The highest BCUT2D eigenvalue weighted by molar-refractivity contribution is 7.47. The van der Waals surface area contributed by atoms with Gasteiger partial charge in [-0.1, -0.05) is 363 Å². The van der Waals surface area contributed by atoms with Crippen LogP contribution in [0.3, 0.4) is 0 Å². The summed E-state index contributed by atoms with van der Waals surface area (Å²) in [6.45, 7) is 9.59. The molecule has 0 aromatic rings. The zero-order valence-corrected chi connectivity index (χ0v) is 65.9. The van der Waals surface area contributed by atoms with Crippen LogP contribution in [-0.2, 0) is 65.4 Å². The SMILES string of the molecule is CCCCCCCCCCCCCCCCCCCCCCCC(=O)O[C@H](COC(=O)CCCCCCCCCCCCCCCCC(C)C)COP(=O)(O)OC[C@@H](O)COP(=O)(O)OC[C@@H](COC(=O)CCCCCCCCC)OC(=O)CCCCCCCCCCCCC(C)C. The normalized spacial score (nSPS) is 13.9. The molecule has 2 unspecified atom stereocenters. The molecule has 3 N–H and O–H groups in total. The van der Waals surface area contributed by atoms with Gasteiger partial charge < -0.3 is 33.8 Å². The number of phosphoric ester groups is 2. The molecule has 98 heavy (non-hydrogen) atoms. The predicted octanol–water partition coefficient (Wildman–Crippen LogP) is 23.5. The molecule has 0 amide bonds. The molecule has 0 aliphatic carbocycles. The Morgan fingerprint density at radius 1 is 0.276 bits per heavy atom. The van der Waals surface area contributed by atoms with E-state index in [1.54, 1.807) is 0 Å². The Balaban J connectivity index is 5.17. The highest BCUT2D eigenvalue weighted by Crippen LogP contribution is 2.45. The van der Waals surface area contributed by atoms with E-state index in [9.17, 15) is 43.2 Å². The zero-order valence-electron chi connectivity index (χ0n) is 64.1. The lowest BCUT2D eigenvalue weighted by molar-refractivity contribution is -0.161. The number of ether oxygens (including phenoxy) is 4. The molecule has 0 aromatic heterocycles. The first-order chi connectivity index (χ1) is 47.4. The Hall–Kier alpha value is -1.94. The number of aliphatic hydroxyl groups excluding tert-OH is 1. The number of carbonyl (C=O) groups excluding carboxylic acids is 4. The van der Waals surface area contributed by atoms with E-state index in [0.717, 1.165) is 115 Å². The molecule has 5 atom stereocenters. The van der Waals surface area contributed by atoms with Crippen LogP contribution in [0.1, 0.15) is 414 Å². The van der Waals surface area contributed by atoms with E-state index in [0.29, 0.717) is 25.7 Å². The van der Waals surface area contributed by atoms with Gasteiger partial charge >= 0.3 is 39.5 Å². The summed E-state index contributed by atoms with van der Waals surface area (Å²) in [5.74, 6) is -0.566. The molecule has 19 heteroatoms. The van der Waals surface area contributed by atoms with Gasteiger partial charge in [0.1, 0.15) is 19.3 Å². The number of phosphoric acid groups is 2. The summed E-state index contributed by atoms with van der Waals surface area (Å²) in [5.41, 5.74) is 0. The predicted molar refractivity (Wildman–Crippen MR) is 400 cm³/mol. The first-order valence-electron chi connectivity index (χ1n) is 41.0. The lowest BCUT2D eigenvalue weighted by Gasteiger charge is -2.21. The lowest BCUT2D eigenvalue weighted by Crippen LogP contribution is -2.30. The van der Waals surface area contributed by atoms with Gasteiger partial charge in [0.2, 0.25) is 0 Å². The zero-order chi connectivity index (χ0) is 72.1. The van der Waals surface area contributed by atoms with Crippen molar-refractivity contribution in [2.75, 3.05) is 39.6 Å². The minimum absolute atomic E-state index is 0.106. The fourth-order valence-corrected chi connectivity index (χ4v) is 13.8. The molecule has 0 saturated heterocycles. The van der Waals surface area contributed by atoms with Crippen LogP contribution in [0.5, 0.6) is 0 Å². The Labute approximate surface area is 600 Å². The van der Waals surface area contributed by atoms with E-state index in [2.05, 4.69) is 41.5 Å². The average molecular weight is 1440 g/mol. The van der Waals surface area contributed by atoms with Gasteiger partial charge in [-0.15, -0.1) is 0 Å². The van der Waals surface area contributed by atoms with Gasteiger partial charge in [-0.05, 0) is 37.5 Å². The Morgan fingerprint density at radius 3 is 0.694 bits per heavy atom. The van der Waals surface area contributed by atoms with Crippen molar-refractivity contribution in [1.29, 1.82) is 0 Å². The maximum Gasteiger partial charge on any atom is 0.472 e. The molecule has 0 spiro atoms. The molecule has 0 radical (unpaired) electrons. The quantitative estimate of drug-likeness (QED) is 0.0222. The van der Waals surface area contributed by atoms with Gasteiger partial charge in [-0.25, -0.2) is 9.13 Å². The lowest BCUT2D eigenvalue weighted by atomic mass is 10.0. The summed E-state index contributed by atoms with van der Waals surface area (Å²) in [5, 5.41) is 10.6. The van der Waals surface area contributed by atoms with Crippen molar-refractivity contribution >= 4 is 39.5 Å². The molecule has 0 aliphatic heterocycles. The smallest absolute Gasteiger partial charge is 0.462 e. The van der Waals surface area contributed by atoms with Gasteiger partial charge in [0.25, 0.3) is 0 Å². The Kier molecular flexibility index (Phi) is 69.3. The van der Waals surface area contributed by atoms with E-state index in [-0.39, 0.29) is 25.7 Å². The Bertz CT molecular complexity index is 1890. The van der Waals surface area contributed by atoms with Gasteiger partial charge in [0.05, 0.1) is 26.4 Å². The second-order valence-corrected chi connectivity index (χ2v) is 32.3. The summed E-state index contributed by atoms with van der Waals surface area (Å²) in [4.78, 5) is 72.8. The fourth-order valence-electron chi connectivity index (χ4n) is 12.2. The molecular formula is C79H154O17P2. The molecule has 582 valence electrons. The van der Waals surface area contributed by atoms with E-state index in [1.807, 2.05) is 0 Å². The number of rotatable bonds is 78. The molecule has 17 nitrogen and oxygen atoms in total. The van der Waals surface area contributed by atoms with Crippen LogP contribution < -0.4 is 0 Å². The number of aliphatic hydroxyl groups is 1. The third kappa shape index (κ3) is 72.4. The Morgan fingerprint density at radius 2 is 0.469 bits per heavy atom. The fraction of sp³-hybridized carbons (Fsp3) is 0.949. The minimum Gasteiger partial charge on any atom is -0.462 e. The van der Waals surface area contributed by atoms with Crippen molar-refractivity contribution in [3.63, 3.8) is 0 Å². The summed E-state index contributed by atoms with van der Waals surface area (Å²) in [7, 11) is -9.91. The van der Waals surface area contributed by atoms with Gasteiger partial charge in [-0.3, -0.25) is 37.3 Å². The van der Waals surface area contributed by atoms with Gasteiger partial charge in [0.15, 0.2) is 12.2 Å². The molecule has 0 aromatic carbocycles. The van der Waals surface area contributed by atoms with E-state index < -0.39 is 97.5 Å². The van der Waals surface area contributed by atoms with E-state index in [4.69, 9.17) is 37.0 Å². The third-order valence-corrected chi connectivity index (χ3v) is 20.4. The van der Waals surface area contributed by atoms with Crippen LogP contribution in [0.2, 0.25) is 0 Å². The van der Waals surface area contributed by atoms with Crippen LogP contribution in [0.25, 0.3) is 0 Å². The van der Waals surface area contributed by atoms with E-state index in [1.165, 1.54) is 218 Å². The van der Waals surface area contributed by atoms with Crippen molar-refractivity contribution in [2.45, 2.75) is 432 Å². The van der Waals surface area contributed by atoms with Crippen molar-refractivity contribution in [3.05, 3.63) is 0 Å². The molecular weight excluding hydrogens is 1280 g/mol. The van der Waals surface area contributed by atoms with Gasteiger partial charge in [-0.2, -0.15) is 0 Å². The van der Waals surface area contributed by atoms with Crippen molar-refractivity contribution in [3.8, 4) is 0 Å². The van der Waals surface area contributed by atoms with Crippen molar-refractivity contribution in [1.82, 2.24) is 0 Å². The topological polar surface area (TPSA) is 237 Å². The second kappa shape index (κ2) is 70.7. The number of hydrogen-bond acceptors (Lipinski definition) is 15. The van der Waals surface area contributed by atoms with Crippen molar-refractivity contribution in [2.24, 2.45) is 11.8 Å². The van der Waals surface area contributed by atoms with Crippen LogP contribution >= 0.6 is 15.6 Å². The van der Waals surface area contributed by atoms with E-state index >= 15 is 0 Å². The van der Waals surface area contributed by atoms with Crippen LogP contribution in [0.4, 0.5) is 0 Å². The minimum atomic E-state index is -4.96. The largest absolute Gasteiger partial charge is 0.472 e. The van der Waals surface area contributed by atoms with Crippen LogP contribution in [-0.4, -0.2) is 96.7 Å². The van der Waals surface area contributed by atoms with Crippen LogP contribution in [0, 0.1) is 11.8 Å². The number of carbonyl (C=O) groups is 4. The maximum absolute atomic E-state index is 13.1. The standard InChI is InChI=1S/C79H154O17P2/c1-7-9-11-13-15-16-17-18-19-20-21-22-23-24-25-30-33-39-45-51-57-63-78(83)96-75(68-90-77(82)62-56-50-44-38-32-29-27-26-28-31-36-42-47-53-59-71(3)4)70-94-98(87,88)92-66-73(80)65-91-97(85,86)93-69-74(67-89-76(81)61-55-49-41-14-12-10-8-2)95-79(84)64-58-52-46-40-35-34-37-43-48-54-60-72(5)6/h71-75,80H,7-70H2,1-6H3,(H,85,86)(H,87,88)/t73-,74+,75+/m0/s1. The molecule has 0 heterocycles. The highest BCUT2D eigenvalue weighted by Gasteiger charge is 2.30. The first kappa shape index (κ1) is 96.1. The maximum atomic E-state index is 13.1. The molecule has 0 rings (SSSR count). The average Bonchev–Trinajstić information content (AvgIpc) is 1.30. The van der Waals surface area contributed by atoms with Crippen LogP contribution in [0.15, 0.2) is 0 Å². The molecule has 0 saturated carbocycles. The summed E-state index contributed by atoms with van der Waals surface area (Å²) >= 11 is 0.